The molecule has 0 unspecified atom stereocenters. The van der Waals surface area contributed by atoms with E-state index in [4.69, 9.17) is 12.2 Å². The third kappa shape index (κ3) is 1.93. The number of benzene rings is 1. The zero-order valence-electron chi connectivity index (χ0n) is 9.53. The smallest absolute Gasteiger partial charge is 0.199 e. The Morgan fingerprint density at radius 2 is 2.12 bits per heavy atom. The molecule has 0 saturated heterocycles. The number of H-pyrrole nitrogens is 1. The van der Waals surface area contributed by atoms with Gasteiger partial charge in [0.25, 0.3) is 0 Å². The van der Waals surface area contributed by atoms with Crippen molar-refractivity contribution in [3.63, 3.8) is 0 Å². The quantitative estimate of drug-likeness (QED) is 0.826. The molecule has 0 saturated carbocycles. The first kappa shape index (κ1) is 11.1. The summed E-state index contributed by atoms with van der Waals surface area (Å²) < 4.78 is 2.69. The van der Waals surface area contributed by atoms with Gasteiger partial charge in [-0.1, -0.05) is 25.1 Å². The summed E-state index contributed by atoms with van der Waals surface area (Å²) in [5, 5.41) is 7.13. The van der Waals surface area contributed by atoms with Crippen molar-refractivity contribution in [1.82, 2.24) is 14.8 Å². The molecule has 0 aliphatic heterocycles. The zero-order chi connectivity index (χ0) is 11.5. The number of hydrogen-bond acceptors (Lipinski definition) is 2. The highest BCUT2D eigenvalue weighted by atomic mass is 32.1. The number of aryl methyl sites for hydroxylation is 2. The van der Waals surface area contributed by atoms with Crippen molar-refractivity contribution < 1.29 is 0 Å². The lowest BCUT2D eigenvalue weighted by atomic mass is 10.2. The van der Waals surface area contributed by atoms with E-state index in [1.165, 1.54) is 5.56 Å². The van der Waals surface area contributed by atoms with Crippen LogP contribution < -0.4 is 0 Å². The summed E-state index contributed by atoms with van der Waals surface area (Å²) >= 11 is 5.27. The third-order valence-electron chi connectivity index (χ3n) is 2.57. The second-order valence-corrected chi connectivity index (χ2v) is 4.20. The maximum Gasteiger partial charge on any atom is 0.199 e. The molecular weight excluding hydrogens is 218 g/mol. The van der Waals surface area contributed by atoms with Crippen LogP contribution in [0.25, 0.3) is 5.69 Å². The van der Waals surface area contributed by atoms with Crippen LogP contribution in [0.1, 0.15) is 24.7 Å². The maximum atomic E-state index is 5.27. The first-order valence-corrected chi connectivity index (χ1v) is 5.87. The van der Waals surface area contributed by atoms with Crippen LogP contribution in [0.5, 0.6) is 0 Å². The summed E-state index contributed by atoms with van der Waals surface area (Å²) in [5.74, 6) is 1.00. The lowest BCUT2D eigenvalue weighted by Crippen LogP contribution is -2.02. The van der Waals surface area contributed by atoms with Gasteiger partial charge in [0.15, 0.2) is 4.77 Å². The average Bonchev–Trinajstić information content (AvgIpc) is 2.62. The summed E-state index contributed by atoms with van der Waals surface area (Å²) in [6, 6.07) is 8.20. The Hall–Kier alpha value is -1.42. The molecule has 0 fully saturated rings. The van der Waals surface area contributed by atoms with E-state index >= 15 is 0 Å². The number of nitrogens with one attached hydrogen (secondary N) is 1. The Morgan fingerprint density at radius 3 is 2.81 bits per heavy atom. The molecular formula is C12H15N3S. The fourth-order valence-electron chi connectivity index (χ4n) is 1.78. The fourth-order valence-corrected chi connectivity index (χ4v) is 2.03. The maximum absolute atomic E-state index is 5.27. The summed E-state index contributed by atoms with van der Waals surface area (Å²) in [7, 11) is 0. The second kappa shape index (κ2) is 4.61. The Kier molecular flexibility index (Phi) is 3.19. The normalized spacial score (nSPS) is 10.6. The minimum atomic E-state index is 0.665. The number of nitrogens with zero attached hydrogens (tertiary/aromatic N) is 2. The molecule has 4 heteroatoms. The van der Waals surface area contributed by atoms with Crippen molar-refractivity contribution in [3.8, 4) is 5.69 Å². The Labute approximate surface area is 100 Å². The summed E-state index contributed by atoms with van der Waals surface area (Å²) in [4.78, 5) is 0. The molecule has 2 rings (SSSR count). The lowest BCUT2D eigenvalue weighted by molar-refractivity contribution is 0.799. The Morgan fingerprint density at radius 1 is 1.38 bits per heavy atom. The molecule has 0 bridgehead atoms. The number of aromatic nitrogens is 3. The predicted octanol–water partition coefficient (Wildman–Crippen LogP) is 3.19. The molecule has 0 radical (unpaired) electrons. The highest BCUT2D eigenvalue weighted by molar-refractivity contribution is 7.71. The highest BCUT2D eigenvalue weighted by Crippen LogP contribution is 2.16. The standard InChI is InChI=1S/C12H15N3S/c1-3-6-11-13-14-12(16)15(11)10-8-5-4-7-9(10)2/h4-5,7-8H,3,6H2,1-2H3,(H,14,16). The van der Waals surface area contributed by atoms with Crippen LogP contribution >= 0.6 is 12.2 Å². The van der Waals surface area contributed by atoms with Gasteiger partial charge in [-0.25, -0.2) is 0 Å². The zero-order valence-corrected chi connectivity index (χ0v) is 10.3. The molecule has 0 aliphatic carbocycles. The van der Waals surface area contributed by atoms with Gasteiger partial charge in [0.1, 0.15) is 5.82 Å². The minimum absolute atomic E-state index is 0.665. The van der Waals surface area contributed by atoms with Gasteiger partial charge in [-0.05, 0) is 37.2 Å². The monoisotopic (exact) mass is 233 g/mol. The predicted molar refractivity (Wildman–Crippen MR) is 67.5 cm³/mol. The molecule has 1 heterocycles. The van der Waals surface area contributed by atoms with Crippen LogP contribution in [0, 0.1) is 11.7 Å². The van der Waals surface area contributed by atoms with E-state index in [0.717, 1.165) is 24.4 Å². The molecule has 84 valence electrons. The van der Waals surface area contributed by atoms with Crippen molar-refractivity contribution in [3.05, 3.63) is 40.4 Å². The van der Waals surface area contributed by atoms with E-state index in [-0.39, 0.29) is 0 Å². The van der Waals surface area contributed by atoms with Gasteiger partial charge in [-0.15, -0.1) is 0 Å². The molecule has 1 N–H and O–H groups in total. The third-order valence-corrected chi connectivity index (χ3v) is 2.85. The molecule has 0 aliphatic rings. The Balaban J connectivity index is 2.59. The number of para-hydroxylation sites is 1. The van der Waals surface area contributed by atoms with Crippen LogP contribution in [0.4, 0.5) is 0 Å². The van der Waals surface area contributed by atoms with Crippen LogP contribution in [-0.4, -0.2) is 14.8 Å². The van der Waals surface area contributed by atoms with Gasteiger partial charge in [0, 0.05) is 6.42 Å². The van der Waals surface area contributed by atoms with Crippen LogP contribution in [0.15, 0.2) is 24.3 Å². The van der Waals surface area contributed by atoms with Crippen molar-refractivity contribution in [2.75, 3.05) is 0 Å². The average molecular weight is 233 g/mol. The van der Waals surface area contributed by atoms with Crippen LogP contribution in [0.2, 0.25) is 0 Å². The van der Waals surface area contributed by atoms with Crippen molar-refractivity contribution in [2.24, 2.45) is 0 Å². The number of aromatic amines is 1. The van der Waals surface area contributed by atoms with Crippen LogP contribution in [-0.2, 0) is 6.42 Å². The molecule has 1 aromatic heterocycles. The number of rotatable bonds is 3. The minimum Gasteiger partial charge on any atom is -0.272 e. The first-order chi connectivity index (χ1) is 7.74. The van der Waals surface area contributed by atoms with E-state index in [1.807, 2.05) is 16.7 Å². The highest BCUT2D eigenvalue weighted by Gasteiger charge is 2.08. The summed E-state index contributed by atoms with van der Waals surface area (Å²) in [5.41, 5.74) is 2.32. The second-order valence-electron chi connectivity index (χ2n) is 3.82. The Bertz CT molecular complexity index is 539. The van der Waals surface area contributed by atoms with Gasteiger partial charge in [0.05, 0.1) is 5.69 Å². The van der Waals surface area contributed by atoms with Gasteiger partial charge >= 0.3 is 0 Å². The van der Waals surface area contributed by atoms with Crippen molar-refractivity contribution in [2.45, 2.75) is 26.7 Å². The topological polar surface area (TPSA) is 33.6 Å². The molecule has 16 heavy (non-hydrogen) atoms. The lowest BCUT2D eigenvalue weighted by Gasteiger charge is -2.08. The molecule has 2 aromatic rings. The van der Waals surface area contributed by atoms with Gasteiger partial charge < -0.3 is 0 Å². The van der Waals surface area contributed by atoms with Crippen LogP contribution in [0.3, 0.4) is 0 Å². The van der Waals surface area contributed by atoms with Crippen molar-refractivity contribution in [1.29, 1.82) is 0 Å². The van der Waals surface area contributed by atoms with E-state index in [0.29, 0.717) is 4.77 Å². The van der Waals surface area contributed by atoms with E-state index in [1.54, 1.807) is 0 Å². The fraction of sp³-hybridized carbons (Fsp3) is 0.333. The van der Waals surface area contributed by atoms with Gasteiger partial charge in [0.2, 0.25) is 0 Å². The molecule has 0 atom stereocenters. The summed E-state index contributed by atoms with van der Waals surface area (Å²) in [6.07, 6.45) is 1.99. The molecule has 0 spiro atoms. The summed E-state index contributed by atoms with van der Waals surface area (Å²) in [6.45, 7) is 4.22. The van der Waals surface area contributed by atoms with E-state index in [9.17, 15) is 0 Å². The molecule has 1 aromatic carbocycles. The van der Waals surface area contributed by atoms with Gasteiger partial charge in [-0.3, -0.25) is 9.67 Å². The van der Waals surface area contributed by atoms with Crippen molar-refractivity contribution >= 4 is 12.2 Å². The SMILES string of the molecule is CCCc1n[nH]c(=S)n1-c1ccccc1C. The largest absolute Gasteiger partial charge is 0.272 e. The first-order valence-electron chi connectivity index (χ1n) is 5.46. The van der Waals surface area contributed by atoms with E-state index in [2.05, 4.69) is 36.2 Å². The molecule has 3 nitrogen and oxygen atoms in total. The molecule has 0 amide bonds. The van der Waals surface area contributed by atoms with E-state index < -0.39 is 0 Å². The van der Waals surface area contributed by atoms with Gasteiger partial charge in [-0.2, -0.15) is 5.10 Å². The number of hydrogen-bond donors (Lipinski definition) is 1.